The molecule has 3 saturated carbocycles. The van der Waals surface area contributed by atoms with Gasteiger partial charge in [-0.15, -0.1) is 11.3 Å². The Kier molecular flexibility index (Phi) is 4.13. The minimum absolute atomic E-state index is 0.00800. The number of nitrogens with zero attached hydrogens (tertiary/aromatic N) is 2. The third kappa shape index (κ3) is 2.80. The van der Waals surface area contributed by atoms with Gasteiger partial charge in [-0.2, -0.15) is 5.10 Å². The molecule has 0 spiro atoms. The van der Waals surface area contributed by atoms with Gasteiger partial charge in [0, 0.05) is 28.0 Å². The molecule has 4 aliphatic carbocycles. The predicted molar refractivity (Wildman–Crippen MR) is 133 cm³/mol. The van der Waals surface area contributed by atoms with Gasteiger partial charge in [-0.05, 0) is 67.6 Å². The van der Waals surface area contributed by atoms with Crippen LogP contribution in [-0.4, -0.2) is 20.2 Å². The lowest BCUT2D eigenvalue weighted by atomic mass is 9.49. The van der Waals surface area contributed by atoms with E-state index in [2.05, 4.69) is 57.7 Å². The van der Waals surface area contributed by atoms with Gasteiger partial charge in [0.25, 0.3) is 5.56 Å². The first-order valence-corrected chi connectivity index (χ1v) is 12.8. The summed E-state index contributed by atoms with van der Waals surface area (Å²) in [5.41, 5.74) is 5.77. The first kappa shape index (κ1) is 19.5. The molecule has 2 bridgehead atoms. The second kappa shape index (κ2) is 7.00. The van der Waals surface area contributed by atoms with Crippen molar-refractivity contribution in [1.82, 2.24) is 20.2 Å². The molecule has 5 nitrogen and oxygen atoms in total. The second-order valence-electron chi connectivity index (χ2n) is 10.1. The maximum Gasteiger partial charge on any atom is 0.268 e. The normalized spacial score (nSPS) is 28.0. The number of hydrogen-bond donors (Lipinski definition) is 2. The average Bonchev–Trinajstić information content (AvgIpc) is 3.57. The Morgan fingerprint density at radius 3 is 2.85 bits per heavy atom. The predicted octanol–water partition coefficient (Wildman–Crippen LogP) is 6.16. The zero-order valence-electron chi connectivity index (χ0n) is 18.6. The van der Waals surface area contributed by atoms with Crippen LogP contribution in [0.1, 0.15) is 66.6 Å². The summed E-state index contributed by atoms with van der Waals surface area (Å²) in [5.74, 6) is 2.31. The molecule has 4 aliphatic rings. The van der Waals surface area contributed by atoms with Gasteiger partial charge in [0.05, 0.1) is 11.7 Å². The lowest BCUT2D eigenvalue weighted by molar-refractivity contribution is 0.0201. The van der Waals surface area contributed by atoms with Crippen LogP contribution in [0.5, 0.6) is 0 Å². The minimum atomic E-state index is -0.00800. The van der Waals surface area contributed by atoms with Crippen LogP contribution in [-0.2, 0) is 0 Å². The number of benzene rings is 1. The molecule has 2 atom stereocenters. The molecule has 0 saturated heterocycles. The van der Waals surface area contributed by atoms with E-state index >= 15 is 0 Å². The summed E-state index contributed by atoms with van der Waals surface area (Å²) in [6, 6.07) is 10.9. The Hall–Kier alpha value is -2.99. The van der Waals surface area contributed by atoms with Gasteiger partial charge >= 0.3 is 0 Å². The van der Waals surface area contributed by atoms with Gasteiger partial charge in [-0.25, -0.2) is 4.98 Å². The number of rotatable bonds is 3. The van der Waals surface area contributed by atoms with Crippen LogP contribution in [0, 0.1) is 18.3 Å². The highest BCUT2D eigenvalue weighted by molar-refractivity contribution is 7.22. The molecule has 1 unspecified atom stereocenters. The summed E-state index contributed by atoms with van der Waals surface area (Å²) in [4.78, 5) is 22.6. The van der Waals surface area contributed by atoms with Crippen molar-refractivity contribution >= 4 is 27.6 Å². The summed E-state index contributed by atoms with van der Waals surface area (Å²) < 4.78 is 0.704. The number of H-pyrrole nitrogens is 2. The molecular formula is C27H26N4OS. The van der Waals surface area contributed by atoms with Crippen molar-refractivity contribution in [3.05, 3.63) is 75.6 Å². The number of allylic oxidation sites excluding steroid dienone is 1. The van der Waals surface area contributed by atoms with Crippen molar-refractivity contribution in [2.24, 2.45) is 11.3 Å². The van der Waals surface area contributed by atoms with Gasteiger partial charge in [-0.3, -0.25) is 9.89 Å². The second-order valence-corrected chi connectivity index (χ2v) is 11.2. The third-order valence-corrected chi connectivity index (χ3v) is 9.70. The molecule has 166 valence electrons. The first-order valence-electron chi connectivity index (χ1n) is 11.9. The van der Waals surface area contributed by atoms with Crippen molar-refractivity contribution in [3.8, 4) is 10.4 Å². The third-order valence-electron chi connectivity index (χ3n) is 8.54. The number of thiophene rings is 1. The summed E-state index contributed by atoms with van der Waals surface area (Å²) in [6.45, 7) is 2.01. The van der Waals surface area contributed by atoms with Gasteiger partial charge < -0.3 is 4.98 Å². The summed E-state index contributed by atoms with van der Waals surface area (Å²) in [5, 5.41) is 7.14. The van der Waals surface area contributed by atoms with E-state index in [0.29, 0.717) is 10.6 Å². The molecular weight excluding hydrogens is 428 g/mol. The van der Waals surface area contributed by atoms with Crippen molar-refractivity contribution in [3.63, 3.8) is 0 Å². The van der Waals surface area contributed by atoms with Crippen LogP contribution >= 0.6 is 11.3 Å². The molecule has 0 radical (unpaired) electrons. The number of aromatic nitrogens is 4. The Bertz CT molecular complexity index is 1470. The highest BCUT2D eigenvalue weighted by Crippen LogP contribution is 2.64. The van der Waals surface area contributed by atoms with E-state index in [-0.39, 0.29) is 16.9 Å². The van der Waals surface area contributed by atoms with Gasteiger partial charge in [0.1, 0.15) is 10.5 Å². The number of aromatic amines is 2. The van der Waals surface area contributed by atoms with Crippen LogP contribution in [0.3, 0.4) is 0 Å². The standard InChI is InChI=1S/C27H26N4OS/c1-15-19(14-28-31-15)23-13-22-24(33-23)26(32)30-25(29-22)21-12-16-8-10-27(21,11-9-16)20-7-6-17-4-2-3-5-18(17)20/h2-7,13-14,16,20-21H,8-12H2,1H3,(H,28,31)(H,29,30,32)/t16?,20?,21-,27?/m1/s1. The summed E-state index contributed by atoms with van der Waals surface area (Å²) >= 11 is 1.50. The van der Waals surface area contributed by atoms with E-state index in [1.54, 1.807) is 0 Å². The molecule has 33 heavy (non-hydrogen) atoms. The van der Waals surface area contributed by atoms with Crippen LogP contribution in [0.15, 0.2) is 47.4 Å². The molecule has 2 N–H and O–H groups in total. The molecule has 1 aromatic carbocycles. The van der Waals surface area contributed by atoms with E-state index in [9.17, 15) is 4.79 Å². The monoisotopic (exact) mass is 454 g/mol. The molecule has 3 fully saturated rings. The van der Waals surface area contributed by atoms with Crippen molar-refractivity contribution in [1.29, 1.82) is 0 Å². The Morgan fingerprint density at radius 2 is 2.03 bits per heavy atom. The Morgan fingerprint density at radius 1 is 1.18 bits per heavy atom. The summed E-state index contributed by atoms with van der Waals surface area (Å²) in [7, 11) is 0. The highest BCUT2D eigenvalue weighted by atomic mass is 32.1. The highest BCUT2D eigenvalue weighted by Gasteiger charge is 2.54. The molecule has 3 aromatic heterocycles. The molecule has 8 rings (SSSR count). The van der Waals surface area contributed by atoms with E-state index < -0.39 is 0 Å². The van der Waals surface area contributed by atoms with E-state index in [1.807, 2.05) is 13.1 Å². The first-order chi connectivity index (χ1) is 16.1. The number of hydrogen-bond acceptors (Lipinski definition) is 4. The fourth-order valence-corrected chi connectivity index (χ4v) is 7.94. The van der Waals surface area contributed by atoms with Gasteiger partial charge in [0.2, 0.25) is 0 Å². The summed E-state index contributed by atoms with van der Waals surface area (Å²) in [6.07, 6.45) is 12.7. The van der Waals surface area contributed by atoms with Crippen LogP contribution in [0.2, 0.25) is 0 Å². The largest absolute Gasteiger partial charge is 0.309 e. The number of nitrogens with one attached hydrogen (secondary N) is 2. The van der Waals surface area contributed by atoms with Gasteiger partial charge in [-0.1, -0.05) is 36.4 Å². The fourth-order valence-electron chi connectivity index (χ4n) is 6.88. The maximum absolute atomic E-state index is 13.2. The van der Waals surface area contributed by atoms with Crippen LogP contribution < -0.4 is 5.56 Å². The number of fused-ring (bicyclic) bond motifs is 5. The van der Waals surface area contributed by atoms with Crippen molar-refractivity contribution in [2.75, 3.05) is 0 Å². The zero-order chi connectivity index (χ0) is 22.2. The van der Waals surface area contributed by atoms with Gasteiger partial charge in [0.15, 0.2) is 0 Å². The van der Waals surface area contributed by atoms with E-state index in [0.717, 1.165) is 39.8 Å². The zero-order valence-corrected chi connectivity index (χ0v) is 19.4. The molecule has 3 heterocycles. The maximum atomic E-state index is 13.2. The van der Waals surface area contributed by atoms with Crippen molar-refractivity contribution in [2.45, 2.75) is 50.9 Å². The average molecular weight is 455 g/mol. The Labute approximate surface area is 196 Å². The van der Waals surface area contributed by atoms with Crippen molar-refractivity contribution < 1.29 is 0 Å². The topological polar surface area (TPSA) is 74.4 Å². The molecule has 0 aliphatic heterocycles. The SMILES string of the molecule is Cc1[nH]ncc1-c1cc2nc([C@H]3CC4CCC3(C3C=Cc5ccccc53)CC4)[nH]c(=O)c2s1. The smallest absolute Gasteiger partial charge is 0.268 e. The quantitative estimate of drug-likeness (QED) is 0.389. The molecule has 6 heteroatoms. The molecule has 0 amide bonds. The Balaban J connectivity index is 1.35. The lowest BCUT2D eigenvalue weighted by Gasteiger charge is -2.54. The van der Waals surface area contributed by atoms with Crippen LogP contribution in [0.4, 0.5) is 0 Å². The molecule has 4 aromatic rings. The number of aryl methyl sites for hydroxylation is 1. The van der Waals surface area contributed by atoms with E-state index in [1.165, 1.54) is 48.1 Å². The fraction of sp³-hybridized carbons (Fsp3) is 0.370. The van der Waals surface area contributed by atoms with Crippen LogP contribution in [0.25, 0.3) is 26.7 Å². The minimum Gasteiger partial charge on any atom is -0.309 e. The lowest BCUT2D eigenvalue weighted by Crippen LogP contribution is -2.45. The van der Waals surface area contributed by atoms with E-state index in [4.69, 9.17) is 4.98 Å².